The average molecular weight is 209 g/mol. The van der Waals surface area contributed by atoms with E-state index in [0.717, 1.165) is 11.3 Å². The van der Waals surface area contributed by atoms with Crippen molar-refractivity contribution < 1.29 is 9.84 Å². The Morgan fingerprint density at radius 1 is 1.27 bits per heavy atom. The molecule has 0 heterocycles. The van der Waals surface area contributed by atoms with Crippen LogP contribution in [0.2, 0.25) is 0 Å². The van der Waals surface area contributed by atoms with E-state index in [9.17, 15) is 5.11 Å². The summed E-state index contributed by atoms with van der Waals surface area (Å²) in [6, 6.07) is 7.68. The van der Waals surface area contributed by atoms with Gasteiger partial charge in [0.2, 0.25) is 0 Å². The lowest BCUT2D eigenvalue weighted by atomic mass is 10.1. The fourth-order valence-corrected chi connectivity index (χ4v) is 1.14. The van der Waals surface area contributed by atoms with Crippen molar-refractivity contribution in [3.05, 3.63) is 29.8 Å². The van der Waals surface area contributed by atoms with Crippen molar-refractivity contribution in [1.82, 2.24) is 0 Å². The van der Waals surface area contributed by atoms with E-state index in [1.165, 1.54) is 0 Å². The second kappa shape index (κ2) is 5.14. The molecule has 1 aromatic carbocycles. The summed E-state index contributed by atoms with van der Waals surface area (Å²) in [4.78, 5) is 0. The molecule has 0 bridgehead atoms. The summed E-state index contributed by atoms with van der Waals surface area (Å²) in [5.41, 5.74) is 5.90. The third-order valence-electron chi connectivity index (χ3n) is 2.14. The largest absolute Gasteiger partial charge is 0.493 e. The van der Waals surface area contributed by atoms with Gasteiger partial charge in [-0.2, -0.15) is 0 Å². The van der Waals surface area contributed by atoms with Crippen LogP contribution in [0.1, 0.15) is 25.8 Å². The molecule has 15 heavy (non-hydrogen) atoms. The summed E-state index contributed by atoms with van der Waals surface area (Å²) in [6.45, 7) is 4.61. The lowest BCUT2D eigenvalue weighted by Crippen LogP contribution is -2.21. The molecular weight excluding hydrogens is 190 g/mol. The molecule has 84 valence electrons. The van der Waals surface area contributed by atoms with Crippen molar-refractivity contribution in [1.29, 1.82) is 0 Å². The Hall–Kier alpha value is -1.06. The number of ether oxygens (including phenoxy) is 1. The molecule has 0 fully saturated rings. The molecule has 0 aromatic heterocycles. The van der Waals surface area contributed by atoms with Crippen molar-refractivity contribution in [3.8, 4) is 5.75 Å². The van der Waals surface area contributed by atoms with E-state index < -0.39 is 5.60 Å². The quantitative estimate of drug-likeness (QED) is 0.775. The van der Waals surface area contributed by atoms with E-state index in [-0.39, 0.29) is 0 Å². The van der Waals surface area contributed by atoms with Gasteiger partial charge in [0.1, 0.15) is 5.75 Å². The van der Waals surface area contributed by atoms with Gasteiger partial charge in [-0.05, 0) is 31.5 Å². The Morgan fingerprint density at radius 2 is 1.87 bits per heavy atom. The molecule has 3 N–H and O–H groups in total. The number of benzene rings is 1. The number of hydrogen-bond acceptors (Lipinski definition) is 3. The highest BCUT2D eigenvalue weighted by Gasteiger charge is 2.11. The first-order valence-electron chi connectivity index (χ1n) is 5.15. The monoisotopic (exact) mass is 209 g/mol. The first-order valence-corrected chi connectivity index (χ1v) is 5.15. The van der Waals surface area contributed by atoms with E-state index in [2.05, 4.69) is 0 Å². The van der Waals surface area contributed by atoms with E-state index in [0.29, 0.717) is 19.6 Å². The minimum atomic E-state index is -0.669. The number of rotatable bonds is 5. The third kappa shape index (κ3) is 4.81. The first kappa shape index (κ1) is 12.0. The smallest absolute Gasteiger partial charge is 0.119 e. The van der Waals surface area contributed by atoms with Crippen LogP contribution in [0.5, 0.6) is 5.75 Å². The van der Waals surface area contributed by atoms with Gasteiger partial charge in [-0.15, -0.1) is 0 Å². The summed E-state index contributed by atoms with van der Waals surface area (Å²) in [7, 11) is 0. The van der Waals surface area contributed by atoms with Crippen molar-refractivity contribution in [3.63, 3.8) is 0 Å². The number of aliphatic hydroxyl groups is 1. The Kier molecular flexibility index (Phi) is 4.12. The molecule has 0 aliphatic heterocycles. The molecule has 0 saturated carbocycles. The van der Waals surface area contributed by atoms with Crippen LogP contribution in [0.15, 0.2) is 24.3 Å². The van der Waals surface area contributed by atoms with Crippen molar-refractivity contribution >= 4 is 0 Å². The Balaban J connectivity index is 2.38. The zero-order valence-corrected chi connectivity index (χ0v) is 9.36. The normalized spacial score (nSPS) is 11.5. The summed E-state index contributed by atoms with van der Waals surface area (Å²) in [6.07, 6.45) is 0.617. The van der Waals surface area contributed by atoms with Crippen LogP contribution in [0.3, 0.4) is 0 Å². The van der Waals surface area contributed by atoms with E-state index in [1.54, 1.807) is 13.8 Å². The fraction of sp³-hybridized carbons (Fsp3) is 0.500. The van der Waals surface area contributed by atoms with Gasteiger partial charge in [0.05, 0.1) is 12.2 Å². The molecule has 0 amide bonds. The van der Waals surface area contributed by atoms with E-state index >= 15 is 0 Å². The van der Waals surface area contributed by atoms with Gasteiger partial charge in [0, 0.05) is 13.0 Å². The molecule has 0 atom stereocenters. The molecular formula is C12H19NO2. The van der Waals surface area contributed by atoms with Crippen LogP contribution in [0.25, 0.3) is 0 Å². The van der Waals surface area contributed by atoms with Crippen LogP contribution in [0, 0.1) is 0 Å². The molecule has 1 aromatic rings. The first-order chi connectivity index (χ1) is 7.01. The topological polar surface area (TPSA) is 55.5 Å². The Bertz CT molecular complexity index is 287. The molecule has 1 rings (SSSR count). The van der Waals surface area contributed by atoms with Gasteiger partial charge < -0.3 is 15.6 Å². The summed E-state index contributed by atoms with van der Waals surface area (Å²) in [5, 5.41) is 9.48. The van der Waals surface area contributed by atoms with Gasteiger partial charge in [-0.25, -0.2) is 0 Å². The molecule has 0 aliphatic rings. The SMILES string of the molecule is CC(C)(O)CCOc1ccc(CN)cc1. The van der Waals surface area contributed by atoms with Crippen LogP contribution >= 0.6 is 0 Å². The van der Waals surface area contributed by atoms with Gasteiger partial charge in [-0.1, -0.05) is 12.1 Å². The van der Waals surface area contributed by atoms with Gasteiger partial charge in [0.25, 0.3) is 0 Å². The highest BCUT2D eigenvalue weighted by atomic mass is 16.5. The highest BCUT2D eigenvalue weighted by Crippen LogP contribution is 2.14. The molecule has 0 spiro atoms. The maximum atomic E-state index is 9.48. The lowest BCUT2D eigenvalue weighted by molar-refractivity contribution is 0.0553. The molecule has 0 saturated heterocycles. The molecule has 3 heteroatoms. The number of nitrogens with two attached hydrogens (primary N) is 1. The zero-order valence-electron chi connectivity index (χ0n) is 9.36. The zero-order chi connectivity index (χ0) is 11.3. The highest BCUT2D eigenvalue weighted by molar-refractivity contribution is 5.27. The summed E-state index contributed by atoms with van der Waals surface area (Å²) in [5.74, 6) is 0.816. The van der Waals surface area contributed by atoms with Crippen LogP contribution in [0.4, 0.5) is 0 Å². The predicted octanol–water partition coefficient (Wildman–Crippen LogP) is 1.69. The fourth-order valence-electron chi connectivity index (χ4n) is 1.14. The van der Waals surface area contributed by atoms with E-state index in [1.807, 2.05) is 24.3 Å². The maximum Gasteiger partial charge on any atom is 0.119 e. The second-order valence-electron chi connectivity index (χ2n) is 4.26. The van der Waals surface area contributed by atoms with Crippen LogP contribution < -0.4 is 10.5 Å². The third-order valence-corrected chi connectivity index (χ3v) is 2.14. The molecule has 3 nitrogen and oxygen atoms in total. The van der Waals surface area contributed by atoms with Gasteiger partial charge in [-0.3, -0.25) is 0 Å². The molecule has 0 unspecified atom stereocenters. The Morgan fingerprint density at radius 3 is 2.33 bits per heavy atom. The minimum absolute atomic E-state index is 0.519. The van der Waals surface area contributed by atoms with E-state index in [4.69, 9.17) is 10.5 Å². The summed E-state index contributed by atoms with van der Waals surface area (Å²) >= 11 is 0. The molecule has 0 aliphatic carbocycles. The number of hydrogen-bond donors (Lipinski definition) is 2. The van der Waals surface area contributed by atoms with Crippen molar-refractivity contribution in [2.45, 2.75) is 32.4 Å². The average Bonchev–Trinajstić information content (AvgIpc) is 2.17. The van der Waals surface area contributed by atoms with Gasteiger partial charge in [0.15, 0.2) is 0 Å². The lowest BCUT2D eigenvalue weighted by Gasteiger charge is -2.17. The van der Waals surface area contributed by atoms with Gasteiger partial charge >= 0.3 is 0 Å². The van der Waals surface area contributed by atoms with Crippen LogP contribution in [-0.4, -0.2) is 17.3 Å². The summed E-state index contributed by atoms with van der Waals surface area (Å²) < 4.78 is 5.48. The van der Waals surface area contributed by atoms with Crippen molar-refractivity contribution in [2.75, 3.05) is 6.61 Å². The standard InChI is InChI=1S/C12H19NO2/c1-12(2,14)7-8-15-11-5-3-10(9-13)4-6-11/h3-6,14H,7-9,13H2,1-2H3. The second-order valence-corrected chi connectivity index (χ2v) is 4.26. The maximum absolute atomic E-state index is 9.48. The Labute approximate surface area is 90.9 Å². The molecule has 0 radical (unpaired) electrons. The van der Waals surface area contributed by atoms with Crippen LogP contribution in [-0.2, 0) is 6.54 Å². The predicted molar refractivity (Wildman–Crippen MR) is 60.7 cm³/mol. The van der Waals surface area contributed by atoms with Crippen molar-refractivity contribution in [2.24, 2.45) is 5.73 Å². The minimum Gasteiger partial charge on any atom is -0.493 e.